The van der Waals surface area contributed by atoms with Crippen LogP contribution in [0.4, 0.5) is 0 Å². The van der Waals surface area contributed by atoms with Crippen molar-refractivity contribution in [3.63, 3.8) is 0 Å². The van der Waals surface area contributed by atoms with Gasteiger partial charge in [0.1, 0.15) is 0 Å². The average molecular weight is 449 g/mol. The first-order chi connectivity index (χ1) is 14.4. The van der Waals surface area contributed by atoms with Crippen LogP contribution < -0.4 is 4.84 Å². The predicted octanol–water partition coefficient (Wildman–Crippen LogP) is 4.57. The quantitative estimate of drug-likeness (QED) is 0.316. The molecule has 2 rings (SSSR count). The van der Waals surface area contributed by atoms with Crippen LogP contribution >= 0.6 is 23.5 Å². The molecule has 0 saturated heterocycles. The number of hydrogen-bond acceptors (Lipinski definition) is 6. The normalized spacial score (nSPS) is 13.2. The van der Waals surface area contributed by atoms with Crippen molar-refractivity contribution in [3.05, 3.63) is 65.7 Å². The van der Waals surface area contributed by atoms with E-state index in [1.54, 1.807) is 11.8 Å². The Balaban J connectivity index is 2.06. The molecule has 162 valence electrons. The molecule has 0 fully saturated rings. The smallest absolute Gasteiger partial charge is 0.0819 e. The van der Waals surface area contributed by atoms with Crippen molar-refractivity contribution in [2.45, 2.75) is 48.6 Å². The highest BCUT2D eigenvalue weighted by molar-refractivity contribution is 7.99. The molecule has 0 aliphatic heterocycles. The molecule has 4 N–H and O–H groups in total. The molecule has 7 heteroatoms. The highest BCUT2D eigenvalue weighted by Crippen LogP contribution is 2.31. The number of aliphatic imine (C=N–C) groups is 1. The van der Waals surface area contributed by atoms with Gasteiger partial charge in [-0.2, -0.15) is 0 Å². The number of benzene rings is 2. The SMILES string of the molecule is C/C=C(\N=C(C)C)c1ccc(Sc2ccc(C(O)CC(CO)(CO)NCl)cc2)cc1. The van der Waals surface area contributed by atoms with Gasteiger partial charge in [0.25, 0.3) is 0 Å². The molecule has 0 bridgehead atoms. The number of hydrogen-bond donors (Lipinski definition) is 4. The van der Waals surface area contributed by atoms with E-state index >= 15 is 0 Å². The minimum Gasteiger partial charge on any atom is -0.394 e. The van der Waals surface area contributed by atoms with E-state index < -0.39 is 11.6 Å². The highest BCUT2D eigenvalue weighted by Gasteiger charge is 2.31. The average Bonchev–Trinajstić information content (AvgIpc) is 2.77. The minimum atomic E-state index is -1.14. The summed E-state index contributed by atoms with van der Waals surface area (Å²) in [7, 11) is 0. The molecule has 1 atom stereocenters. The summed E-state index contributed by atoms with van der Waals surface area (Å²) in [5.41, 5.74) is 2.60. The molecule has 5 nitrogen and oxygen atoms in total. The van der Waals surface area contributed by atoms with Gasteiger partial charge < -0.3 is 15.3 Å². The topological polar surface area (TPSA) is 85.1 Å². The summed E-state index contributed by atoms with van der Waals surface area (Å²) in [5.74, 6) is 0. The molecule has 0 spiro atoms. The van der Waals surface area contributed by atoms with E-state index in [-0.39, 0.29) is 19.6 Å². The Morgan fingerprint density at radius 3 is 2.03 bits per heavy atom. The lowest BCUT2D eigenvalue weighted by Crippen LogP contribution is -2.48. The molecule has 0 aliphatic carbocycles. The van der Waals surface area contributed by atoms with Crippen molar-refractivity contribution in [1.29, 1.82) is 0 Å². The number of nitrogens with zero attached hydrogens (tertiary/aromatic N) is 1. The summed E-state index contributed by atoms with van der Waals surface area (Å²) in [5, 5.41) is 29.4. The standard InChI is InChI=1S/C23H29ClN2O3S/c1-4-21(25-16(2)3)17-5-9-19(10-6-17)30-20-11-7-18(8-12-20)22(29)13-23(14-27,15-28)26-24/h4-12,22,26-29H,13-15H2,1-3H3/b21-4-. The molecule has 0 aliphatic rings. The van der Waals surface area contributed by atoms with Crippen LogP contribution in [0.1, 0.15) is 44.4 Å². The Bertz CT molecular complexity index is 851. The van der Waals surface area contributed by atoms with Gasteiger partial charge in [0.05, 0.1) is 30.6 Å². The second-order valence-electron chi connectivity index (χ2n) is 7.34. The minimum absolute atomic E-state index is 0.0877. The van der Waals surface area contributed by atoms with Gasteiger partial charge in [-0.15, -0.1) is 0 Å². The summed E-state index contributed by atoms with van der Waals surface area (Å²) in [6, 6.07) is 15.8. The predicted molar refractivity (Wildman–Crippen MR) is 125 cm³/mol. The first-order valence-electron chi connectivity index (χ1n) is 9.70. The molecule has 0 saturated carbocycles. The number of nitrogens with one attached hydrogen (secondary N) is 1. The first-order valence-corrected chi connectivity index (χ1v) is 10.9. The summed E-state index contributed by atoms with van der Waals surface area (Å²) in [6.45, 7) is 5.18. The molecule has 0 amide bonds. The lowest BCUT2D eigenvalue weighted by atomic mass is 9.92. The van der Waals surface area contributed by atoms with E-state index in [4.69, 9.17) is 11.8 Å². The second-order valence-corrected chi connectivity index (χ2v) is 8.68. The van der Waals surface area contributed by atoms with Crippen molar-refractivity contribution in [2.24, 2.45) is 4.99 Å². The maximum atomic E-state index is 10.5. The Morgan fingerprint density at radius 1 is 1.07 bits per heavy atom. The van der Waals surface area contributed by atoms with Gasteiger partial charge in [0, 0.05) is 21.9 Å². The Hall–Kier alpha value is -1.67. The molecule has 2 aromatic rings. The van der Waals surface area contributed by atoms with Gasteiger partial charge in [-0.3, -0.25) is 4.99 Å². The van der Waals surface area contributed by atoms with Gasteiger partial charge >= 0.3 is 0 Å². The number of aliphatic hydroxyl groups is 3. The second kappa shape index (κ2) is 11.6. The van der Waals surface area contributed by atoms with E-state index in [0.29, 0.717) is 5.56 Å². The number of rotatable bonds is 10. The molecule has 30 heavy (non-hydrogen) atoms. The van der Waals surface area contributed by atoms with Crippen molar-refractivity contribution < 1.29 is 15.3 Å². The summed E-state index contributed by atoms with van der Waals surface area (Å²) >= 11 is 7.27. The third kappa shape index (κ3) is 6.67. The number of aliphatic hydroxyl groups excluding tert-OH is 3. The fourth-order valence-corrected chi connectivity index (χ4v) is 3.90. The summed E-state index contributed by atoms with van der Waals surface area (Å²) < 4.78 is 0. The van der Waals surface area contributed by atoms with Gasteiger partial charge in [0.2, 0.25) is 0 Å². The molecule has 0 heterocycles. The van der Waals surface area contributed by atoms with Gasteiger partial charge in [0.15, 0.2) is 0 Å². The van der Waals surface area contributed by atoms with Crippen molar-refractivity contribution in [2.75, 3.05) is 13.2 Å². The largest absolute Gasteiger partial charge is 0.394 e. The van der Waals surface area contributed by atoms with Crippen molar-refractivity contribution in [1.82, 2.24) is 4.84 Å². The van der Waals surface area contributed by atoms with E-state index in [0.717, 1.165) is 26.8 Å². The molecule has 0 aromatic heterocycles. The van der Waals surface area contributed by atoms with E-state index in [9.17, 15) is 15.3 Å². The van der Waals surface area contributed by atoms with Crippen LogP contribution in [0.15, 0.2) is 69.4 Å². The Morgan fingerprint density at radius 2 is 1.60 bits per heavy atom. The van der Waals surface area contributed by atoms with Gasteiger partial charge in [-0.25, -0.2) is 4.84 Å². The molecular weight excluding hydrogens is 420 g/mol. The van der Waals surface area contributed by atoms with E-state index in [1.807, 2.05) is 51.1 Å². The maximum Gasteiger partial charge on any atom is 0.0819 e. The summed E-state index contributed by atoms with van der Waals surface area (Å²) in [6.07, 6.45) is 1.22. The van der Waals surface area contributed by atoms with E-state index in [1.165, 1.54) is 0 Å². The lowest BCUT2D eigenvalue weighted by molar-refractivity contribution is 0.0526. The van der Waals surface area contributed by atoms with Crippen molar-refractivity contribution in [3.8, 4) is 0 Å². The fourth-order valence-electron chi connectivity index (χ4n) is 2.89. The van der Waals surface area contributed by atoms with Crippen LogP contribution in [-0.4, -0.2) is 39.8 Å². The zero-order valence-electron chi connectivity index (χ0n) is 17.5. The van der Waals surface area contributed by atoms with Gasteiger partial charge in [-0.1, -0.05) is 42.1 Å². The zero-order valence-corrected chi connectivity index (χ0v) is 19.0. The monoisotopic (exact) mass is 448 g/mol. The molecular formula is C23H29ClN2O3S. The van der Waals surface area contributed by atoms with Crippen LogP contribution in [0.2, 0.25) is 0 Å². The molecule has 2 aromatic carbocycles. The maximum absolute atomic E-state index is 10.5. The third-order valence-electron chi connectivity index (χ3n) is 4.66. The van der Waals surface area contributed by atoms with Crippen LogP contribution in [0, 0.1) is 0 Å². The fraction of sp³-hybridized carbons (Fsp3) is 0.348. The Labute approximate surface area is 187 Å². The number of allylic oxidation sites excluding steroid dienone is 1. The lowest BCUT2D eigenvalue weighted by Gasteiger charge is -2.30. The van der Waals surface area contributed by atoms with Gasteiger partial charge in [-0.05, 0) is 67.9 Å². The van der Waals surface area contributed by atoms with Crippen molar-refractivity contribution >= 4 is 34.9 Å². The first kappa shape index (κ1) is 24.6. The molecule has 0 radical (unpaired) electrons. The van der Waals surface area contributed by atoms with Crippen LogP contribution in [-0.2, 0) is 0 Å². The summed E-state index contributed by atoms with van der Waals surface area (Å²) in [4.78, 5) is 9.08. The number of halogens is 1. The highest BCUT2D eigenvalue weighted by atomic mass is 35.5. The molecule has 1 unspecified atom stereocenters. The Kier molecular flexibility index (Phi) is 9.55. The van der Waals surface area contributed by atoms with Crippen LogP contribution in [0.5, 0.6) is 0 Å². The van der Waals surface area contributed by atoms with Crippen LogP contribution in [0.25, 0.3) is 5.70 Å². The van der Waals surface area contributed by atoms with E-state index in [2.05, 4.69) is 34.1 Å². The van der Waals surface area contributed by atoms with Crippen LogP contribution in [0.3, 0.4) is 0 Å². The third-order valence-corrected chi connectivity index (χ3v) is 6.07. The zero-order chi connectivity index (χ0) is 22.1.